The Labute approximate surface area is 125 Å². The molecular formula is C17H22O4. The Morgan fingerprint density at radius 3 is 2.67 bits per heavy atom. The highest BCUT2D eigenvalue weighted by Gasteiger charge is 2.53. The van der Waals surface area contributed by atoms with Crippen LogP contribution in [0.25, 0.3) is 0 Å². The second kappa shape index (κ2) is 6.06. The summed E-state index contributed by atoms with van der Waals surface area (Å²) in [6.07, 6.45) is 4.15. The Kier molecular flexibility index (Phi) is 4.15. The van der Waals surface area contributed by atoms with E-state index in [-0.39, 0.29) is 11.6 Å². The van der Waals surface area contributed by atoms with E-state index in [2.05, 4.69) is 0 Å². The van der Waals surface area contributed by atoms with Gasteiger partial charge in [-0.15, -0.1) is 0 Å². The Morgan fingerprint density at radius 1 is 1.33 bits per heavy atom. The van der Waals surface area contributed by atoms with Crippen molar-refractivity contribution in [3.63, 3.8) is 0 Å². The van der Waals surface area contributed by atoms with Crippen LogP contribution in [-0.4, -0.2) is 31.9 Å². The van der Waals surface area contributed by atoms with Crippen molar-refractivity contribution in [3.05, 3.63) is 29.8 Å². The molecule has 0 N–H and O–H groups in total. The maximum Gasteiger partial charge on any atom is 0.306 e. The minimum atomic E-state index is -0.201. The van der Waals surface area contributed by atoms with Gasteiger partial charge >= 0.3 is 5.97 Å². The zero-order valence-electron chi connectivity index (χ0n) is 12.5. The van der Waals surface area contributed by atoms with Gasteiger partial charge in [0.2, 0.25) is 0 Å². The van der Waals surface area contributed by atoms with Crippen molar-refractivity contribution < 1.29 is 19.0 Å². The monoisotopic (exact) mass is 290 g/mol. The molecule has 0 aromatic heterocycles. The van der Waals surface area contributed by atoms with Gasteiger partial charge in [-0.25, -0.2) is 0 Å². The molecule has 4 nitrogen and oxygen atoms in total. The normalized spacial score (nSPS) is 22.8. The summed E-state index contributed by atoms with van der Waals surface area (Å²) < 4.78 is 16.3. The van der Waals surface area contributed by atoms with Crippen molar-refractivity contribution in [1.82, 2.24) is 0 Å². The molecule has 1 atom stereocenters. The summed E-state index contributed by atoms with van der Waals surface area (Å²) in [5.41, 5.74) is 0.926. The quantitative estimate of drug-likeness (QED) is 0.756. The first-order valence-electron chi connectivity index (χ1n) is 7.64. The SMILES string of the molecule is COc1ccc(CCC(=O)OC2(C3CCOC3)CC2)cc1. The summed E-state index contributed by atoms with van der Waals surface area (Å²) in [6.45, 7) is 1.54. The van der Waals surface area contributed by atoms with Crippen LogP contribution in [-0.2, 0) is 20.7 Å². The molecule has 2 aliphatic rings. The molecule has 1 saturated heterocycles. The maximum absolute atomic E-state index is 12.1. The number of hydrogen-bond donors (Lipinski definition) is 0. The number of benzene rings is 1. The van der Waals surface area contributed by atoms with Crippen LogP contribution >= 0.6 is 0 Å². The molecule has 0 bridgehead atoms. The number of hydrogen-bond acceptors (Lipinski definition) is 4. The molecule has 1 aromatic carbocycles. The van der Waals surface area contributed by atoms with Crippen LogP contribution < -0.4 is 4.74 Å². The fourth-order valence-corrected chi connectivity index (χ4v) is 2.98. The van der Waals surface area contributed by atoms with E-state index in [1.807, 2.05) is 24.3 Å². The van der Waals surface area contributed by atoms with Gasteiger partial charge in [0.25, 0.3) is 0 Å². The number of carbonyl (C=O) groups excluding carboxylic acids is 1. The van der Waals surface area contributed by atoms with Gasteiger partial charge in [0.15, 0.2) is 0 Å². The molecule has 1 unspecified atom stereocenters. The Hall–Kier alpha value is -1.55. The average Bonchev–Trinajstić information content (AvgIpc) is 3.07. The van der Waals surface area contributed by atoms with Crippen molar-refractivity contribution in [3.8, 4) is 5.75 Å². The van der Waals surface area contributed by atoms with E-state index in [4.69, 9.17) is 14.2 Å². The topological polar surface area (TPSA) is 44.8 Å². The van der Waals surface area contributed by atoms with Crippen LogP contribution in [0, 0.1) is 5.92 Å². The number of ether oxygens (including phenoxy) is 3. The first-order chi connectivity index (χ1) is 10.2. The van der Waals surface area contributed by atoms with Gasteiger partial charge < -0.3 is 14.2 Å². The zero-order chi connectivity index (χ0) is 14.7. The molecule has 4 heteroatoms. The van der Waals surface area contributed by atoms with Crippen LogP contribution in [0.15, 0.2) is 24.3 Å². The second-order valence-corrected chi connectivity index (χ2v) is 5.95. The van der Waals surface area contributed by atoms with E-state index in [1.165, 1.54) is 0 Å². The highest BCUT2D eigenvalue weighted by atomic mass is 16.6. The van der Waals surface area contributed by atoms with Gasteiger partial charge in [0.1, 0.15) is 11.4 Å². The van der Waals surface area contributed by atoms with Gasteiger partial charge in [0, 0.05) is 18.9 Å². The Morgan fingerprint density at radius 2 is 2.10 bits per heavy atom. The molecule has 21 heavy (non-hydrogen) atoms. The van der Waals surface area contributed by atoms with E-state index in [9.17, 15) is 4.79 Å². The number of rotatable bonds is 6. The van der Waals surface area contributed by atoms with E-state index >= 15 is 0 Å². The predicted molar refractivity (Wildman–Crippen MR) is 78.3 cm³/mol. The summed E-state index contributed by atoms with van der Waals surface area (Å²) >= 11 is 0. The smallest absolute Gasteiger partial charge is 0.306 e. The third kappa shape index (κ3) is 3.38. The molecule has 1 aliphatic heterocycles. The Balaban J connectivity index is 1.47. The summed E-state index contributed by atoms with van der Waals surface area (Å²) in [7, 11) is 1.65. The number of carbonyl (C=O) groups is 1. The fourth-order valence-electron chi connectivity index (χ4n) is 2.98. The third-order valence-corrected chi connectivity index (χ3v) is 4.51. The lowest BCUT2D eigenvalue weighted by Gasteiger charge is -2.22. The molecule has 0 spiro atoms. The van der Waals surface area contributed by atoms with Crippen molar-refractivity contribution in [1.29, 1.82) is 0 Å². The van der Waals surface area contributed by atoms with Gasteiger partial charge in [-0.1, -0.05) is 12.1 Å². The molecular weight excluding hydrogens is 268 g/mol. The van der Waals surface area contributed by atoms with Crippen LogP contribution in [0.4, 0.5) is 0 Å². The maximum atomic E-state index is 12.1. The predicted octanol–water partition coefficient (Wildman–Crippen LogP) is 2.74. The minimum absolute atomic E-state index is 0.0878. The molecule has 2 fully saturated rings. The van der Waals surface area contributed by atoms with Crippen molar-refractivity contribution in [2.24, 2.45) is 5.92 Å². The molecule has 0 radical (unpaired) electrons. The zero-order valence-corrected chi connectivity index (χ0v) is 12.5. The summed E-state index contributed by atoms with van der Waals surface area (Å²) in [5, 5.41) is 0. The van der Waals surface area contributed by atoms with Crippen LogP contribution in [0.2, 0.25) is 0 Å². The van der Waals surface area contributed by atoms with Crippen LogP contribution in [0.5, 0.6) is 5.75 Å². The lowest BCUT2D eigenvalue weighted by molar-refractivity contribution is -0.154. The van der Waals surface area contributed by atoms with Crippen LogP contribution in [0.3, 0.4) is 0 Å². The van der Waals surface area contributed by atoms with E-state index in [0.717, 1.165) is 43.8 Å². The Bertz CT molecular complexity index is 484. The molecule has 1 heterocycles. The molecule has 3 rings (SSSR count). The molecule has 1 aromatic rings. The number of methoxy groups -OCH3 is 1. The van der Waals surface area contributed by atoms with Gasteiger partial charge in [-0.05, 0) is 43.4 Å². The number of esters is 1. The van der Waals surface area contributed by atoms with Gasteiger partial charge in [-0.2, -0.15) is 0 Å². The van der Waals surface area contributed by atoms with E-state index in [0.29, 0.717) is 18.8 Å². The van der Waals surface area contributed by atoms with Crippen molar-refractivity contribution in [2.45, 2.75) is 37.7 Å². The standard InChI is InChI=1S/C17H22O4/c1-19-15-5-2-13(3-6-15)4-7-16(18)21-17(9-10-17)14-8-11-20-12-14/h2-3,5-6,14H,4,7-12H2,1H3. The van der Waals surface area contributed by atoms with Crippen LogP contribution in [0.1, 0.15) is 31.2 Å². The molecule has 1 saturated carbocycles. The summed E-state index contributed by atoms with van der Waals surface area (Å²) in [4.78, 5) is 12.1. The lowest BCUT2D eigenvalue weighted by atomic mass is 9.99. The molecule has 114 valence electrons. The average molecular weight is 290 g/mol. The molecule has 0 amide bonds. The highest BCUT2D eigenvalue weighted by molar-refractivity contribution is 5.70. The summed E-state index contributed by atoms with van der Waals surface area (Å²) in [6, 6.07) is 7.81. The van der Waals surface area contributed by atoms with Crippen molar-refractivity contribution in [2.75, 3.05) is 20.3 Å². The fraction of sp³-hybridized carbons (Fsp3) is 0.588. The highest BCUT2D eigenvalue weighted by Crippen LogP contribution is 2.49. The number of aryl methyl sites for hydroxylation is 1. The largest absolute Gasteiger partial charge is 0.497 e. The molecule has 1 aliphatic carbocycles. The summed E-state index contributed by atoms with van der Waals surface area (Å²) in [5.74, 6) is 1.15. The lowest BCUT2D eigenvalue weighted by Crippen LogP contribution is -2.29. The first-order valence-corrected chi connectivity index (χ1v) is 7.64. The first kappa shape index (κ1) is 14.4. The minimum Gasteiger partial charge on any atom is -0.497 e. The van der Waals surface area contributed by atoms with E-state index < -0.39 is 0 Å². The van der Waals surface area contributed by atoms with Gasteiger partial charge in [0.05, 0.1) is 13.7 Å². The van der Waals surface area contributed by atoms with E-state index in [1.54, 1.807) is 7.11 Å². The third-order valence-electron chi connectivity index (χ3n) is 4.51. The van der Waals surface area contributed by atoms with Gasteiger partial charge in [-0.3, -0.25) is 4.79 Å². The second-order valence-electron chi connectivity index (χ2n) is 5.95. The van der Waals surface area contributed by atoms with Crippen molar-refractivity contribution >= 4 is 5.97 Å².